The first-order chi connectivity index (χ1) is 20.2. The molecule has 224 valence electrons. The van der Waals surface area contributed by atoms with Gasteiger partial charge >= 0.3 is 0 Å². The first-order valence-electron chi connectivity index (χ1n) is 14.0. The number of nitrogens with one attached hydrogen (secondary N) is 1. The Kier molecular flexibility index (Phi) is 10.4. The van der Waals surface area contributed by atoms with Crippen molar-refractivity contribution in [2.45, 2.75) is 44.0 Å². The molecule has 1 heterocycles. The van der Waals surface area contributed by atoms with Crippen LogP contribution < -0.4 is 19.1 Å². The maximum Gasteiger partial charge on any atom is 0.264 e. The van der Waals surface area contributed by atoms with Gasteiger partial charge in [0, 0.05) is 19.2 Å². The van der Waals surface area contributed by atoms with Crippen LogP contribution in [0.25, 0.3) is 0 Å². The van der Waals surface area contributed by atoms with Crippen molar-refractivity contribution >= 4 is 27.5 Å². The van der Waals surface area contributed by atoms with Crippen LogP contribution in [0, 0.1) is 5.82 Å². The molecule has 9 nitrogen and oxygen atoms in total. The summed E-state index contributed by atoms with van der Waals surface area (Å²) >= 11 is 0. The molecule has 3 aromatic rings. The molecule has 1 aliphatic rings. The van der Waals surface area contributed by atoms with Crippen LogP contribution in [-0.4, -0.2) is 64.0 Å². The molecule has 0 saturated carbocycles. The summed E-state index contributed by atoms with van der Waals surface area (Å²) in [5, 5.41) is 2.86. The van der Waals surface area contributed by atoms with Crippen molar-refractivity contribution < 1.29 is 31.9 Å². The second-order valence-corrected chi connectivity index (χ2v) is 11.7. The van der Waals surface area contributed by atoms with E-state index in [-0.39, 0.29) is 35.4 Å². The van der Waals surface area contributed by atoms with E-state index in [1.54, 1.807) is 0 Å². The Morgan fingerprint density at radius 2 is 1.64 bits per heavy atom. The van der Waals surface area contributed by atoms with Gasteiger partial charge in [0.05, 0.1) is 10.6 Å². The highest BCUT2D eigenvalue weighted by Gasteiger charge is 2.34. The zero-order chi connectivity index (χ0) is 30.1. The van der Waals surface area contributed by atoms with E-state index in [4.69, 9.17) is 9.47 Å². The molecule has 0 aliphatic carbocycles. The number of anilines is 1. The fourth-order valence-electron chi connectivity index (χ4n) is 4.71. The predicted octanol–water partition coefficient (Wildman–Crippen LogP) is 4.17. The summed E-state index contributed by atoms with van der Waals surface area (Å²) in [5.41, 5.74) is 1.07. The van der Waals surface area contributed by atoms with Crippen molar-refractivity contribution in [2.75, 3.05) is 37.2 Å². The number of halogens is 1. The summed E-state index contributed by atoms with van der Waals surface area (Å²) in [6, 6.07) is 17.8. The van der Waals surface area contributed by atoms with E-state index >= 15 is 0 Å². The quantitative estimate of drug-likeness (QED) is 0.317. The summed E-state index contributed by atoms with van der Waals surface area (Å²) < 4.78 is 54.0. The summed E-state index contributed by atoms with van der Waals surface area (Å²) in [7, 11) is -4.34. The van der Waals surface area contributed by atoms with Crippen LogP contribution in [0.1, 0.15) is 32.3 Å². The van der Waals surface area contributed by atoms with Crippen LogP contribution >= 0.6 is 0 Å². The molecule has 1 aliphatic heterocycles. The molecule has 11 heteroatoms. The lowest BCUT2D eigenvalue weighted by molar-refractivity contribution is -0.139. The average Bonchev–Trinajstić information content (AvgIpc) is 3.01. The van der Waals surface area contributed by atoms with E-state index in [0.29, 0.717) is 31.7 Å². The minimum absolute atomic E-state index is 0.103. The monoisotopic (exact) mass is 597 g/mol. The van der Waals surface area contributed by atoms with Crippen molar-refractivity contribution in [3.05, 3.63) is 84.2 Å². The minimum atomic E-state index is -4.34. The Balaban J connectivity index is 1.69. The number of amides is 2. The number of carbonyl (C=O) groups excluding carboxylic acids is 2. The second kappa shape index (κ2) is 14.2. The van der Waals surface area contributed by atoms with Gasteiger partial charge in [-0.1, -0.05) is 44.2 Å². The van der Waals surface area contributed by atoms with Gasteiger partial charge in [0.15, 0.2) is 11.5 Å². The number of nitrogens with zero attached hydrogens (tertiary/aromatic N) is 2. The zero-order valence-electron chi connectivity index (χ0n) is 23.8. The van der Waals surface area contributed by atoms with Gasteiger partial charge in [-0.05, 0) is 61.2 Å². The fraction of sp³-hybridized carbons (Fsp3) is 0.355. The van der Waals surface area contributed by atoms with Gasteiger partial charge in [0.25, 0.3) is 10.0 Å². The van der Waals surface area contributed by atoms with Crippen LogP contribution in [0.5, 0.6) is 11.5 Å². The normalized spacial score (nSPS) is 13.2. The molecule has 4 rings (SSSR count). The van der Waals surface area contributed by atoms with Gasteiger partial charge in [-0.25, -0.2) is 12.8 Å². The Morgan fingerprint density at radius 1 is 0.952 bits per heavy atom. The third kappa shape index (κ3) is 7.39. The van der Waals surface area contributed by atoms with E-state index < -0.39 is 34.3 Å². The van der Waals surface area contributed by atoms with Crippen LogP contribution in [0.3, 0.4) is 0 Å². The average molecular weight is 598 g/mol. The summed E-state index contributed by atoms with van der Waals surface area (Å²) in [6.45, 7) is 4.41. The van der Waals surface area contributed by atoms with E-state index in [1.165, 1.54) is 35.2 Å². The van der Waals surface area contributed by atoms with E-state index in [2.05, 4.69) is 5.32 Å². The lowest BCUT2D eigenvalue weighted by Crippen LogP contribution is -2.53. The Bertz CT molecular complexity index is 1470. The number of hydrogen-bond donors (Lipinski definition) is 1. The van der Waals surface area contributed by atoms with Gasteiger partial charge in [0.2, 0.25) is 11.8 Å². The summed E-state index contributed by atoms with van der Waals surface area (Å²) in [5.74, 6) is -0.722. The lowest BCUT2D eigenvalue weighted by atomic mass is 10.1. The summed E-state index contributed by atoms with van der Waals surface area (Å²) in [6.07, 6.45) is 1.53. The molecule has 0 saturated heterocycles. The molecule has 42 heavy (non-hydrogen) atoms. The fourth-order valence-corrected chi connectivity index (χ4v) is 6.14. The highest BCUT2D eigenvalue weighted by molar-refractivity contribution is 7.92. The smallest absolute Gasteiger partial charge is 0.264 e. The van der Waals surface area contributed by atoms with Gasteiger partial charge in [-0.15, -0.1) is 0 Å². The maximum atomic E-state index is 14.0. The molecule has 1 N–H and O–H groups in total. The highest BCUT2D eigenvalue weighted by Crippen LogP contribution is 2.34. The van der Waals surface area contributed by atoms with Crippen molar-refractivity contribution in [3.8, 4) is 11.5 Å². The molecule has 0 radical (unpaired) electrons. The molecular formula is C31H36FN3O6S. The van der Waals surface area contributed by atoms with Gasteiger partial charge in [-0.3, -0.25) is 13.9 Å². The number of ether oxygens (including phenoxy) is 2. The van der Waals surface area contributed by atoms with Crippen molar-refractivity contribution in [1.82, 2.24) is 10.2 Å². The van der Waals surface area contributed by atoms with Gasteiger partial charge < -0.3 is 19.7 Å². The minimum Gasteiger partial charge on any atom is -0.486 e. The Labute approximate surface area is 246 Å². The van der Waals surface area contributed by atoms with Gasteiger partial charge in [-0.2, -0.15) is 0 Å². The SMILES string of the molecule is CCCNC(=O)C(CC)N(CCc1ccccc1)C(=O)CN(c1ccc(F)cc1)S(=O)(=O)c1ccc2c(c1)OCCO2. The van der Waals surface area contributed by atoms with E-state index in [1.807, 2.05) is 44.2 Å². The molecule has 0 spiro atoms. The third-order valence-electron chi connectivity index (χ3n) is 6.91. The van der Waals surface area contributed by atoms with E-state index in [9.17, 15) is 22.4 Å². The van der Waals surface area contributed by atoms with Gasteiger partial charge in [0.1, 0.15) is 31.6 Å². The van der Waals surface area contributed by atoms with Crippen molar-refractivity contribution in [2.24, 2.45) is 0 Å². The molecule has 0 fully saturated rings. The topological polar surface area (TPSA) is 105 Å². The first-order valence-corrected chi connectivity index (χ1v) is 15.5. The largest absolute Gasteiger partial charge is 0.486 e. The standard InChI is InChI=1S/C31H36FN3O6S/c1-3-17-33-31(37)27(4-2)34(18-16-23-8-6-5-7-9-23)30(36)22-35(25-12-10-24(32)11-13-25)42(38,39)26-14-15-28-29(21-26)41-20-19-40-28/h5-15,21,27H,3-4,16-20,22H2,1-2H3,(H,33,37). The molecule has 1 unspecified atom stereocenters. The third-order valence-corrected chi connectivity index (χ3v) is 8.68. The molecule has 1 atom stereocenters. The number of carbonyl (C=O) groups is 2. The van der Waals surface area contributed by atoms with Crippen molar-refractivity contribution in [3.63, 3.8) is 0 Å². The number of sulfonamides is 1. The maximum absolute atomic E-state index is 14.0. The molecule has 3 aromatic carbocycles. The Morgan fingerprint density at radius 3 is 2.31 bits per heavy atom. The number of hydrogen-bond acceptors (Lipinski definition) is 6. The number of benzene rings is 3. The van der Waals surface area contributed by atoms with Crippen LogP contribution in [-0.2, 0) is 26.0 Å². The lowest BCUT2D eigenvalue weighted by Gasteiger charge is -2.33. The molecule has 2 amide bonds. The molecule has 0 aromatic heterocycles. The predicted molar refractivity (Wildman–Crippen MR) is 158 cm³/mol. The second-order valence-electron chi connectivity index (χ2n) is 9.83. The van der Waals surface area contributed by atoms with Crippen LogP contribution in [0.4, 0.5) is 10.1 Å². The molecule has 0 bridgehead atoms. The zero-order valence-corrected chi connectivity index (χ0v) is 24.6. The first kappa shape index (κ1) is 30.8. The Hall–Kier alpha value is -4.12. The number of rotatable bonds is 13. The summed E-state index contributed by atoms with van der Waals surface area (Å²) in [4.78, 5) is 28.5. The van der Waals surface area contributed by atoms with Crippen LogP contribution in [0.15, 0.2) is 77.7 Å². The highest BCUT2D eigenvalue weighted by atomic mass is 32.2. The van der Waals surface area contributed by atoms with Crippen LogP contribution in [0.2, 0.25) is 0 Å². The van der Waals surface area contributed by atoms with Crippen molar-refractivity contribution in [1.29, 1.82) is 0 Å². The number of fused-ring (bicyclic) bond motifs is 1. The van der Waals surface area contributed by atoms with E-state index in [0.717, 1.165) is 28.4 Å². The molecular weight excluding hydrogens is 561 g/mol.